The topological polar surface area (TPSA) is 76.2 Å². The number of methoxy groups -OCH3 is 2. The number of hydrogen-bond acceptors (Lipinski definition) is 4. The summed E-state index contributed by atoms with van der Waals surface area (Å²) in [6, 6.07) is 6.95. The van der Waals surface area contributed by atoms with Crippen LogP contribution in [0.4, 0.5) is 5.82 Å². The zero-order valence-corrected chi connectivity index (χ0v) is 12.0. The molecule has 0 aliphatic heterocycles. The summed E-state index contributed by atoms with van der Waals surface area (Å²) in [6.45, 7) is 0. The number of aromatic nitrogens is 2. The third-order valence-corrected chi connectivity index (χ3v) is 3.49. The first-order valence-corrected chi connectivity index (χ1v) is 6.80. The monoisotopic (exact) mass is 287 g/mol. The Morgan fingerprint density at radius 1 is 1.29 bits per heavy atom. The van der Waals surface area contributed by atoms with Gasteiger partial charge in [0.1, 0.15) is 17.3 Å². The lowest BCUT2D eigenvalue weighted by atomic mass is 10.1. The molecule has 1 aliphatic carbocycles. The predicted octanol–water partition coefficient (Wildman–Crippen LogP) is 2.56. The number of carbonyl (C=O) groups is 1. The molecule has 0 atom stereocenters. The van der Waals surface area contributed by atoms with Gasteiger partial charge in [0.15, 0.2) is 0 Å². The highest BCUT2D eigenvalue weighted by Gasteiger charge is 2.26. The van der Waals surface area contributed by atoms with E-state index in [0.29, 0.717) is 28.8 Å². The van der Waals surface area contributed by atoms with Crippen molar-refractivity contribution in [2.45, 2.75) is 18.8 Å². The molecule has 1 heterocycles. The van der Waals surface area contributed by atoms with Gasteiger partial charge in [0.05, 0.1) is 25.5 Å². The summed E-state index contributed by atoms with van der Waals surface area (Å²) in [4.78, 5) is 12.3. The highest BCUT2D eigenvalue weighted by Crippen LogP contribution is 2.39. The van der Waals surface area contributed by atoms with Gasteiger partial charge in [0.2, 0.25) is 0 Å². The summed E-state index contributed by atoms with van der Waals surface area (Å²) in [5, 5.41) is 9.84. The third kappa shape index (κ3) is 2.84. The number of H-pyrrole nitrogens is 1. The normalized spacial score (nSPS) is 13.8. The Morgan fingerprint density at radius 3 is 2.76 bits per heavy atom. The molecular weight excluding hydrogens is 270 g/mol. The van der Waals surface area contributed by atoms with Crippen LogP contribution in [0, 0.1) is 0 Å². The molecular formula is C15H17N3O3. The number of aromatic amines is 1. The number of carbonyl (C=O) groups excluding carboxylic acids is 1. The van der Waals surface area contributed by atoms with Gasteiger partial charge in [-0.15, -0.1) is 0 Å². The van der Waals surface area contributed by atoms with E-state index in [9.17, 15) is 4.79 Å². The number of anilines is 1. The van der Waals surface area contributed by atoms with Crippen molar-refractivity contribution in [2.24, 2.45) is 0 Å². The summed E-state index contributed by atoms with van der Waals surface area (Å²) in [7, 11) is 3.09. The Morgan fingerprint density at radius 2 is 2.10 bits per heavy atom. The Balaban J connectivity index is 1.77. The van der Waals surface area contributed by atoms with Crippen LogP contribution in [-0.2, 0) is 0 Å². The average molecular weight is 287 g/mol. The molecule has 6 heteroatoms. The molecule has 0 spiro atoms. The van der Waals surface area contributed by atoms with Gasteiger partial charge in [0.25, 0.3) is 5.91 Å². The zero-order chi connectivity index (χ0) is 14.8. The SMILES string of the molecule is COc1ccc(C(=O)Nc2cc(C3CC3)n[nH]2)c(OC)c1. The number of benzene rings is 1. The molecule has 21 heavy (non-hydrogen) atoms. The fourth-order valence-electron chi connectivity index (χ4n) is 2.17. The second-order valence-electron chi connectivity index (χ2n) is 5.00. The van der Waals surface area contributed by atoms with Gasteiger partial charge in [-0.3, -0.25) is 9.89 Å². The van der Waals surface area contributed by atoms with Crippen LogP contribution in [0.5, 0.6) is 11.5 Å². The molecule has 2 aromatic rings. The van der Waals surface area contributed by atoms with E-state index in [4.69, 9.17) is 9.47 Å². The summed E-state index contributed by atoms with van der Waals surface area (Å²) in [5.41, 5.74) is 1.45. The number of amides is 1. The van der Waals surface area contributed by atoms with Crippen LogP contribution in [0.2, 0.25) is 0 Å². The van der Waals surface area contributed by atoms with Crippen molar-refractivity contribution in [3.63, 3.8) is 0 Å². The van der Waals surface area contributed by atoms with E-state index in [0.717, 1.165) is 5.69 Å². The molecule has 1 saturated carbocycles. The van der Waals surface area contributed by atoms with Crippen LogP contribution in [0.1, 0.15) is 34.8 Å². The van der Waals surface area contributed by atoms with Gasteiger partial charge in [-0.1, -0.05) is 0 Å². The summed E-state index contributed by atoms with van der Waals surface area (Å²) in [5.74, 6) is 2.00. The van der Waals surface area contributed by atoms with Crippen LogP contribution in [0.15, 0.2) is 24.3 Å². The minimum atomic E-state index is -0.250. The van der Waals surface area contributed by atoms with E-state index in [1.807, 2.05) is 6.07 Å². The lowest BCUT2D eigenvalue weighted by molar-refractivity contribution is 0.102. The zero-order valence-electron chi connectivity index (χ0n) is 12.0. The van der Waals surface area contributed by atoms with Crippen molar-refractivity contribution in [3.05, 3.63) is 35.5 Å². The van der Waals surface area contributed by atoms with Crippen molar-refractivity contribution in [1.82, 2.24) is 10.2 Å². The highest BCUT2D eigenvalue weighted by molar-refractivity contribution is 6.05. The summed E-state index contributed by atoms with van der Waals surface area (Å²) >= 11 is 0. The number of rotatable bonds is 5. The van der Waals surface area contributed by atoms with Crippen LogP contribution < -0.4 is 14.8 Å². The van der Waals surface area contributed by atoms with Crippen molar-refractivity contribution in [2.75, 3.05) is 19.5 Å². The maximum atomic E-state index is 12.3. The smallest absolute Gasteiger partial charge is 0.260 e. The number of nitrogens with one attached hydrogen (secondary N) is 2. The Bertz CT molecular complexity index is 662. The van der Waals surface area contributed by atoms with Gasteiger partial charge in [-0.2, -0.15) is 5.10 Å². The van der Waals surface area contributed by atoms with Crippen molar-refractivity contribution in [1.29, 1.82) is 0 Å². The van der Waals surface area contributed by atoms with Gasteiger partial charge in [-0.05, 0) is 25.0 Å². The minimum Gasteiger partial charge on any atom is -0.497 e. The van der Waals surface area contributed by atoms with Gasteiger partial charge >= 0.3 is 0 Å². The molecule has 0 saturated heterocycles. The molecule has 0 radical (unpaired) electrons. The molecule has 1 amide bonds. The number of nitrogens with zero attached hydrogens (tertiary/aromatic N) is 1. The van der Waals surface area contributed by atoms with Crippen LogP contribution >= 0.6 is 0 Å². The quantitative estimate of drug-likeness (QED) is 0.886. The average Bonchev–Trinajstić information content (AvgIpc) is 3.26. The first-order chi connectivity index (χ1) is 10.2. The molecule has 6 nitrogen and oxygen atoms in total. The second kappa shape index (κ2) is 5.47. The number of hydrogen-bond donors (Lipinski definition) is 2. The van der Waals surface area contributed by atoms with Crippen LogP contribution in [0.3, 0.4) is 0 Å². The molecule has 1 fully saturated rings. The Kier molecular flexibility index (Phi) is 3.51. The van der Waals surface area contributed by atoms with Gasteiger partial charge in [0, 0.05) is 18.1 Å². The van der Waals surface area contributed by atoms with Crippen molar-refractivity contribution in [3.8, 4) is 11.5 Å². The molecule has 2 N–H and O–H groups in total. The summed E-state index contributed by atoms with van der Waals surface area (Å²) < 4.78 is 10.4. The van der Waals surface area contributed by atoms with Crippen molar-refractivity contribution >= 4 is 11.7 Å². The maximum absolute atomic E-state index is 12.3. The number of ether oxygens (including phenoxy) is 2. The fourth-order valence-corrected chi connectivity index (χ4v) is 2.17. The molecule has 0 unspecified atom stereocenters. The fraction of sp³-hybridized carbons (Fsp3) is 0.333. The summed E-state index contributed by atoms with van der Waals surface area (Å²) in [6.07, 6.45) is 2.34. The Hall–Kier alpha value is -2.50. The lowest BCUT2D eigenvalue weighted by Gasteiger charge is -2.09. The first kappa shape index (κ1) is 13.5. The third-order valence-electron chi connectivity index (χ3n) is 3.49. The first-order valence-electron chi connectivity index (χ1n) is 6.80. The standard InChI is InChI=1S/C15H17N3O3/c1-20-10-5-6-11(13(7-10)21-2)15(19)16-14-8-12(17-18-14)9-3-4-9/h5-9H,3-4H2,1-2H3,(H2,16,17,18,19). The van der Waals surface area contributed by atoms with Crippen molar-refractivity contribution < 1.29 is 14.3 Å². The molecule has 110 valence electrons. The molecule has 1 aliphatic rings. The van der Waals surface area contributed by atoms with E-state index in [2.05, 4.69) is 15.5 Å². The Labute approximate surface area is 122 Å². The van der Waals surface area contributed by atoms with E-state index in [1.54, 1.807) is 25.3 Å². The molecule has 1 aromatic heterocycles. The lowest BCUT2D eigenvalue weighted by Crippen LogP contribution is -2.13. The predicted molar refractivity (Wildman–Crippen MR) is 78.1 cm³/mol. The van der Waals surface area contributed by atoms with E-state index >= 15 is 0 Å². The van der Waals surface area contributed by atoms with Gasteiger partial charge < -0.3 is 14.8 Å². The molecule has 3 rings (SSSR count). The van der Waals surface area contributed by atoms with Crippen LogP contribution in [0.25, 0.3) is 0 Å². The maximum Gasteiger partial charge on any atom is 0.260 e. The molecule has 1 aromatic carbocycles. The molecule has 0 bridgehead atoms. The second-order valence-corrected chi connectivity index (χ2v) is 5.00. The largest absolute Gasteiger partial charge is 0.497 e. The minimum absolute atomic E-state index is 0.250. The van der Waals surface area contributed by atoms with E-state index < -0.39 is 0 Å². The van der Waals surface area contributed by atoms with Crippen LogP contribution in [-0.4, -0.2) is 30.3 Å². The van der Waals surface area contributed by atoms with E-state index in [-0.39, 0.29) is 5.91 Å². The van der Waals surface area contributed by atoms with Gasteiger partial charge in [-0.25, -0.2) is 0 Å². The highest BCUT2D eigenvalue weighted by atomic mass is 16.5. The van der Waals surface area contributed by atoms with E-state index in [1.165, 1.54) is 20.0 Å².